The van der Waals surface area contributed by atoms with Gasteiger partial charge in [0.2, 0.25) is 0 Å². The molecule has 0 aliphatic heterocycles. The molecule has 0 atom stereocenters. The van der Waals surface area contributed by atoms with E-state index in [2.05, 4.69) is 15.3 Å². The molecule has 4 aromatic rings. The molecule has 3 N–H and O–H groups in total. The summed E-state index contributed by atoms with van der Waals surface area (Å²) in [7, 11) is 0. The SMILES string of the molecule is CC(C)(C)OC(=O)NCCc1ccc(CC(=O)c2ccncc2)cc1.NCCc1ccc(CC(=O)c2ccncc2)cc1. The molecule has 4 rings (SSSR count). The number of nitrogens with one attached hydrogen (secondary N) is 1. The van der Waals surface area contributed by atoms with Crippen molar-refractivity contribution in [2.75, 3.05) is 13.1 Å². The zero-order chi connectivity index (χ0) is 31.1. The number of amides is 1. The predicted molar refractivity (Wildman–Crippen MR) is 168 cm³/mol. The van der Waals surface area contributed by atoms with Gasteiger partial charge < -0.3 is 15.8 Å². The highest BCUT2D eigenvalue weighted by molar-refractivity contribution is 5.97. The van der Waals surface area contributed by atoms with Crippen LogP contribution in [0.15, 0.2) is 97.6 Å². The van der Waals surface area contributed by atoms with Gasteiger partial charge in [0, 0.05) is 55.3 Å². The predicted octanol–water partition coefficient (Wildman–Crippen LogP) is 5.58. The van der Waals surface area contributed by atoms with E-state index in [1.165, 1.54) is 5.56 Å². The Labute approximate surface area is 253 Å². The van der Waals surface area contributed by atoms with Gasteiger partial charge in [0.05, 0.1) is 0 Å². The molecule has 0 saturated heterocycles. The van der Waals surface area contributed by atoms with Crippen molar-refractivity contribution >= 4 is 17.7 Å². The number of hydrogen-bond donors (Lipinski definition) is 2. The highest BCUT2D eigenvalue weighted by atomic mass is 16.6. The fourth-order valence-corrected chi connectivity index (χ4v) is 4.09. The van der Waals surface area contributed by atoms with Crippen LogP contribution in [0.3, 0.4) is 0 Å². The van der Waals surface area contributed by atoms with Gasteiger partial charge in [0.25, 0.3) is 0 Å². The summed E-state index contributed by atoms with van der Waals surface area (Å²) in [6.07, 6.45) is 8.47. The number of pyridine rings is 2. The van der Waals surface area contributed by atoms with E-state index < -0.39 is 11.7 Å². The van der Waals surface area contributed by atoms with Gasteiger partial charge in [-0.15, -0.1) is 0 Å². The van der Waals surface area contributed by atoms with Crippen LogP contribution in [0.4, 0.5) is 4.79 Å². The van der Waals surface area contributed by atoms with Crippen LogP contribution < -0.4 is 11.1 Å². The van der Waals surface area contributed by atoms with Crippen molar-refractivity contribution in [2.45, 2.75) is 52.1 Å². The standard InChI is InChI=1S/C20H24N2O3.C15H16N2O/c1-20(2,3)25-19(24)22-13-8-15-4-6-16(7-5-15)14-18(23)17-9-11-21-12-10-17;16-8-5-12-1-3-13(4-2-12)11-15(18)14-6-9-17-10-7-14/h4-7,9-12H,8,13-14H2,1-3H3,(H,22,24);1-4,6-7,9-10H,5,8,11,16H2. The van der Waals surface area contributed by atoms with E-state index >= 15 is 0 Å². The number of rotatable bonds is 11. The third-order valence-corrected chi connectivity index (χ3v) is 6.29. The number of nitrogens with two attached hydrogens (primary N) is 1. The van der Waals surface area contributed by atoms with E-state index in [9.17, 15) is 14.4 Å². The Morgan fingerprint density at radius 1 is 0.651 bits per heavy atom. The Morgan fingerprint density at radius 3 is 1.44 bits per heavy atom. The van der Waals surface area contributed by atoms with Crippen LogP contribution in [0, 0.1) is 0 Å². The van der Waals surface area contributed by atoms with Crippen LogP contribution in [0.1, 0.15) is 63.7 Å². The van der Waals surface area contributed by atoms with Gasteiger partial charge in [-0.3, -0.25) is 19.6 Å². The minimum atomic E-state index is -0.493. The second kappa shape index (κ2) is 16.7. The van der Waals surface area contributed by atoms with Gasteiger partial charge in [-0.25, -0.2) is 4.79 Å². The lowest BCUT2D eigenvalue weighted by atomic mass is 10.0. The molecular formula is C35H40N4O4. The number of benzene rings is 2. The van der Waals surface area contributed by atoms with Crippen molar-refractivity contribution in [2.24, 2.45) is 5.73 Å². The fourth-order valence-electron chi connectivity index (χ4n) is 4.09. The van der Waals surface area contributed by atoms with Gasteiger partial charge in [0.15, 0.2) is 11.6 Å². The summed E-state index contributed by atoms with van der Waals surface area (Å²) >= 11 is 0. The Kier molecular flexibility index (Phi) is 12.7. The first-order valence-electron chi connectivity index (χ1n) is 14.3. The smallest absolute Gasteiger partial charge is 0.407 e. The molecule has 0 unspecified atom stereocenters. The maximum atomic E-state index is 12.2. The van der Waals surface area contributed by atoms with Gasteiger partial charge in [0.1, 0.15) is 5.60 Å². The van der Waals surface area contributed by atoms with E-state index in [1.807, 2.05) is 69.3 Å². The Morgan fingerprint density at radius 2 is 1.05 bits per heavy atom. The zero-order valence-corrected chi connectivity index (χ0v) is 25.1. The first kappa shape index (κ1) is 32.8. The number of ketones is 2. The highest BCUT2D eigenvalue weighted by Gasteiger charge is 2.15. The normalized spacial score (nSPS) is 10.7. The lowest BCUT2D eigenvalue weighted by molar-refractivity contribution is 0.0528. The molecule has 0 bridgehead atoms. The topological polar surface area (TPSA) is 124 Å². The molecule has 224 valence electrons. The van der Waals surface area contributed by atoms with Crippen molar-refractivity contribution in [3.8, 4) is 0 Å². The average Bonchev–Trinajstić information content (AvgIpc) is 2.99. The van der Waals surface area contributed by atoms with E-state index in [0.717, 1.165) is 23.1 Å². The molecule has 0 fully saturated rings. The lowest BCUT2D eigenvalue weighted by Gasteiger charge is -2.19. The summed E-state index contributed by atoms with van der Waals surface area (Å²) in [4.78, 5) is 43.6. The van der Waals surface area contributed by atoms with Crippen LogP contribution >= 0.6 is 0 Å². The van der Waals surface area contributed by atoms with Crippen molar-refractivity contribution in [1.29, 1.82) is 0 Å². The van der Waals surface area contributed by atoms with Crippen LogP contribution in [0.2, 0.25) is 0 Å². The number of carbonyl (C=O) groups excluding carboxylic acids is 3. The summed E-state index contributed by atoms with van der Waals surface area (Å²) in [6, 6.07) is 22.8. The second-order valence-electron chi connectivity index (χ2n) is 11.0. The summed E-state index contributed by atoms with van der Waals surface area (Å²) in [5.41, 5.74) is 10.7. The van der Waals surface area contributed by atoms with Crippen molar-refractivity contribution in [3.05, 3.63) is 131 Å². The summed E-state index contributed by atoms with van der Waals surface area (Å²) < 4.78 is 5.19. The van der Waals surface area contributed by atoms with E-state index in [1.54, 1.807) is 49.1 Å². The molecule has 0 aliphatic carbocycles. The first-order valence-corrected chi connectivity index (χ1v) is 14.3. The van der Waals surface area contributed by atoms with E-state index in [0.29, 0.717) is 43.5 Å². The number of carbonyl (C=O) groups is 3. The molecule has 2 aromatic carbocycles. The number of hydrogen-bond acceptors (Lipinski definition) is 7. The van der Waals surface area contributed by atoms with E-state index in [4.69, 9.17) is 10.5 Å². The average molecular weight is 581 g/mol. The van der Waals surface area contributed by atoms with E-state index in [-0.39, 0.29) is 11.6 Å². The molecule has 43 heavy (non-hydrogen) atoms. The molecule has 8 nitrogen and oxygen atoms in total. The lowest BCUT2D eigenvalue weighted by Crippen LogP contribution is -2.33. The molecule has 2 heterocycles. The minimum Gasteiger partial charge on any atom is -0.444 e. The molecule has 2 aromatic heterocycles. The molecule has 0 spiro atoms. The van der Waals surface area contributed by atoms with Gasteiger partial charge in [-0.2, -0.15) is 0 Å². The number of ether oxygens (including phenoxy) is 1. The summed E-state index contributed by atoms with van der Waals surface area (Å²) in [5.74, 6) is 0.186. The Bertz CT molecular complexity index is 1430. The number of alkyl carbamates (subject to hydrolysis) is 1. The van der Waals surface area contributed by atoms with Gasteiger partial charge >= 0.3 is 6.09 Å². The van der Waals surface area contributed by atoms with Crippen molar-refractivity contribution in [1.82, 2.24) is 15.3 Å². The van der Waals surface area contributed by atoms with Crippen molar-refractivity contribution in [3.63, 3.8) is 0 Å². The molecule has 1 amide bonds. The third-order valence-electron chi connectivity index (χ3n) is 6.29. The van der Waals surface area contributed by atoms with Crippen LogP contribution in [0.5, 0.6) is 0 Å². The molecule has 8 heteroatoms. The van der Waals surface area contributed by atoms with Crippen LogP contribution in [-0.2, 0) is 30.4 Å². The first-order chi connectivity index (χ1) is 20.6. The van der Waals surface area contributed by atoms with Gasteiger partial charge in [-0.05, 0) is 86.7 Å². The Hall–Kier alpha value is -4.69. The fraction of sp³-hybridized carbons (Fsp3) is 0.286. The Balaban J connectivity index is 0.000000248. The molecule has 0 saturated carbocycles. The van der Waals surface area contributed by atoms with Crippen LogP contribution in [0.25, 0.3) is 0 Å². The van der Waals surface area contributed by atoms with Gasteiger partial charge in [-0.1, -0.05) is 48.5 Å². The maximum Gasteiger partial charge on any atom is 0.407 e. The number of aromatic nitrogens is 2. The van der Waals surface area contributed by atoms with Crippen molar-refractivity contribution < 1.29 is 19.1 Å². The van der Waals surface area contributed by atoms with Crippen LogP contribution in [-0.4, -0.2) is 46.3 Å². The summed E-state index contributed by atoms with van der Waals surface area (Å²) in [5, 5.41) is 2.73. The quantitative estimate of drug-likeness (QED) is 0.222. The second-order valence-corrected chi connectivity index (χ2v) is 11.0. The third kappa shape index (κ3) is 12.4. The molecule has 0 radical (unpaired) electrons. The largest absolute Gasteiger partial charge is 0.444 e. The minimum absolute atomic E-state index is 0.0711. The molecule has 0 aliphatic rings. The summed E-state index contributed by atoms with van der Waals surface area (Å²) in [6.45, 7) is 6.65. The maximum absolute atomic E-state index is 12.2. The number of nitrogens with zero attached hydrogens (tertiary/aromatic N) is 2. The monoisotopic (exact) mass is 580 g/mol. The molecular weight excluding hydrogens is 540 g/mol. The highest BCUT2D eigenvalue weighted by Crippen LogP contribution is 2.11. The number of Topliss-reactive ketones (excluding diaryl/α,β-unsaturated/α-hetero) is 2. The zero-order valence-electron chi connectivity index (χ0n) is 25.1.